The minimum atomic E-state index is -0.0514. The zero-order valence-electron chi connectivity index (χ0n) is 12.4. The fourth-order valence-electron chi connectivity index (χ4n) is 1.99. The standard InChI is InChI=1S/C17H19ClN2O/c1-10(2)12-5-4-11(3)16(8-12)21-13-6-7-14(17(19)20)15(18)9-13/h4-10H,1-3H3,(H3,19,20). The van der Waals surface area contributed by atoms with E-state index in [1.54, 1.807) is 18.2 Å². The van der Waals surface area contributed by atoms with Gasteiger partial charge in [0.15, 0.2) is 0 Å². The van der Waals surface area contributed by atoms with Crippen LogP contribution >= 0.6 is 11.6 Å². The molecule has 0 heterocycles. The first-order valence-electron chi connectivity index (χ1n) is 6.81. The average Bonchev–Trinajstić information content (AvgIpc) is 2.40. The van der Waals surface area contributed by atoms with Gasteiger partial charge in [0, 0.05) is 11.6 Å². The third kappa shape index (κ3) is 3.56. The molecular formula is C17H19ClN2O. The minimum absolute atomic E-state index is 0.0514. The van der Waals surface area contributed by atoms with Gasteiger partial charge in [-0.3, -0.25) is 5.41 Å². The van der Waals surface area contributed by atoms with Crippen molar-refractivity contribution >= 4 is 17.4 Å². The highest BCUT2D eigenvalue weighted by Gasteiger charge is 2.09. The van der Waals surface area contributed by atoms with Gasteiger partial charge in [0.1, 0.15) is 17.3 Å². The Morgan fingerprint density at radius 1 is 1.19 bits per heavy atom. The fraction of sp³-hybridized carbons (Fsp3) is 0.235. The molecule has 2 aromatic carbocycles. The van der Waals surface area contributed by atoms with Crippen molar-refractivity contribution in [3.05, 3.63) is 58.1 Å². The van der Waals surface area contributed by atoms with Crippen LogP contribution in [0.1, 0.15) is 36.5 Å². The summed E-state index contributed by atoms with van der Waals surface area (Å²) in [6, 6.07) is 11.4. The molecule has 21 heavy (non-hydrogen) atoms. The van der Waals surface area contributed by atoms with E-state index in [2.05, 4.69) is 26.0 Å². The van der Waals surface area contributed by atoms with Crippen molar-refractivity contribution in [3.63, 3.8) is 0 Å². The highest BCUT2D eigenvalue weighted by molar-refractivity contribution is 6.34. The van der Waals surface area contributed by atoms with Crippen LogP contribution in [0.2, 0.25) is 5.02 Å². The number of nitrogen functional groups attached to an aromatic ring is 1. The molecule has 0 aliphatic rings. The molecule has 0 spiro atoms. The van der Waals surface area contributed by atoms with E-state index >= 15 is 0 Å². The Labute approximate surface area is 130 Å². The molecule has 2 rings (SSSR count). The average molecular weight is 303 g/mol. The number of hydrogen-bond donors (Lipinski definition) is 2. The second-order valence-corrected chi connectivity index (χ2v) is 5.74. The number of aryl methyl sites for hydroxylation is 1. The van der Waals surface area contributed by atoms with E-state index in [4.69, 9.17) is 27.5 Å². The molecule has 0 aromatic heterocycles. The molecule has 0 saturated heterocycles. The van der Waals surface area contributed by atoms with Crippen LogP contribution in [-0.4, -0.2) is 5.84 Å². The molecule has 0 atom stereocenters. The van der Waals surface area contributed by atoms with Crippen molar-refractivity contribution in [2.75, 3.05) is 0 Å². The molecule has 4 heteroatoms. The van der Waals surface area contributed by atoms with Gasteiger partial charge in [-0.15, -0.1) is 0 Å². The monoisotopic (exact) mass is 302 g/mol. The predicted molar refractivity (Wildman–Crippen MR) is 87.8 cm³/mol. The Bertz CT molecular complexity index is 680. The van der Waals surface area contributed by atoms with Gasteiger partial charge in [-0.25, -0.2) is 0 Å². The second kappa shape index (κ2) is 6.19. The highest BCUT2D eigenvalue weighted by atomic mass is 35.5. The number of benzene rings is 2. The van der Waals surface area contributed by atoms with E-state index < -0.39 is 0 Å². The lowest BCUT2D eigenvalue weighted by Crippen LogP contribution is -2.11. The smallest absolute Gasteiger partial charge is 0.130 e. The Morgan fingerprint density at radius 2 is 1.90 bits per heavy atom. The highest BCUT2D eigenvalue weighted by Crippen LogP contribution is 2.31. The molecule has 110 valence electrons. The molecule has 0 fully saturated rings. The van der Waals surface area contributed by atoms with Gasteiger partial charge in [-0.1, -0.05) is 37.6 Å². The van der Waals surface area contributed by atoms with Gasteiger partial charge >= 0.3 is 0 Å². The quantitative estimate of drug-likeness (QED) is 0.626. The van der Waals surface area contributed by atoms with E-state index in [1.165, 1.54) is 5.56 Å². The number of rotatable bonds is 4. The van der Waals surface area contributed by atoms with Crippen LogP contribution in [0.5, 0.6) is 11.5 Å². The largest absolute Gasteiger partial charge is 0.457 e. The molecule has 0 unspecified atom stereocenters. The van der Waals surface area contributed by atoms with Crippen molar-refractivity contribution in [1.29, 1.82) is 5.41 Å². The number of halogens is 1. The zero-order chi connectivity index (χ0) is 15.6. The molecule has 3 N–H and O–H groups in total. The Hall–Kier alpha value is -2.00. The van der Waals surface area contributed by atoms with Crippen LogP contribution in [0.3, 0.4) is 0 Å². The lowest BCUT2D eigenvalue weighted by molar-refractivity contribution is 0.478. The number of ether oxygens (including phenoxy) is 1. The summed E-state index contributed by atoms with van der Waals surface area (Å²) in [4.78, 5) is 0. The number of nitrogens with one attached hydrogen (secondary N) is 1. The Morgan fingerprint density at radius 3 is 2.48 bits per heavy atom. The summed E-state index contributed by atoms with van der Waals surface area (Å²) >= 11 is 6.11. The van der Waals surface area contributed by atoms with Gasteiger partial charge in [0.25, 0.3) is 0 Å². The van der Waals surface area contributed by atoms with Crippen LogP contribution in [0.4, 0.5) is 0 Å². The van der Waals surface area contributed by atoms with Crippen LogP contribution in [-0.2, 0) is 0 Å². The van der Waals surface area contributed by atoms with Crippen molar-refractivity contribution in [2.24, 2.45) is 5.73 Å². The molecule has 2 aromatic rings. The maximum atomic E-state index is 7.43. The Kier molecular flexibility index (Phi) is 4.53. The first-order chi connectivity index (χ1) is 9.88. The van der Waals surface area contributed by atoms with Crippen molar-refractivity contribution in [1.82, 2.24) is 0 Å². The van der Waals surface area contributed by atoms with E-state index in [0.29, 0.717) is 22.3 Å². The predicted octanol–water partition coefficient (Wildman–Crippen LogP) is 4.85. The zero-order valence-corrected chi connectivity index (χ0v) is 13.2. The molecule has 0 amide bonds. The van der Waals surface area contributed by atoms with E-state index in [0.717, 1.165) is 11.3 Å². The van der Waals surface area contributed by atoms with Gasteiger partial charge in [-0.2, -0.15) is 0 Å². The van der Waals surface area contributed by atoms with E-state index in [-0.39, 0.29) is 5.84 Å². The molecule has 0 aliphatic heterocycles. The van der Waals surface area contributed by atoms with Gasteiger partial charge < -0.3 is 10.5 Å². The van der Waals surface area contributed by atoms with Crippen LogP contribution in [0.25, 0.3) is 0 Å². The van der Waals surface area contributed by atoms with Gasteiger partial charge in [0.2, 0.25) is 0 Å². The summed E-state index contributed by atoms with van der Waals surface area (Å²) < 4.78 is 5.92. The molecule has 0 bridgehead atoms. The van der Waals surface area contributed by atoms with Crippen LogP contribution in [0.15, 0.2) is 36.4 Å². The normalized spacial score (nSPS) is 10.7. The Balaban J connectivity index is 2.32. The lowest BCUT2D eigenvalue weighted by atomic mass is 10.0. The first kappa shape index (κ1) is 15.4. The SMILES string of the molecule is Cc1ccc(C(C)C)cc1Oc1ccc(C(=N)N)c(Cl)c1. The van der Waals surface area contributed by atoms with E-state index in [9.17, 15) is 0 Å². The maximum Gasteiger partial charge on any atom is 0.130 e. The minimum Gasteiger partial charge on any atom is -0.457 e. The molecular weight excluding hydrogens is 284 g/mol. The topological polar surface area (TPSA) is 59.1 Å². The van der Waals surface area contributed by atoms with E-state index in [1.807, 2.05) is 13.0 Å². The van der Waals surface area contributed by atoms with Gasteiger partial charge in [-0.05, 0) is 42.2 Å². The summed E-state index contributed by atoms with van der Waals surface area (Å²) in [7, 11) is 0. The van der Waals surface area contributed by atoms with Crippen molar-refractivity contribution in [2.45, 2.75) is 26.7 Å². The summed E-state index contributed by atoms with van der Waals surface area (Å²) in [5.41, 5.74) is 8.25. The number of amidine groups is 1. The summed E-state index contributed by atoms with van der Waals surface area (Å²) in [6.07, 6.45) is 0. The van der Waals surface area contributed by atoms with Crippen molar-refractivity contribution < 1.29 is 4.74 Å². The third-order valence-corrected chi connectivity index (χ3v) is 3.65. The number of hydrogen-bond acceptors (Lipinski definition) is 2. The van der Waals surface area contributed by atoms with Crippen LogP contribution in [0, 0.1) is 12.3 Å². The molecule has 0 aliphatic carbocycles. The molecule has 3 nitrogen and oxygen atoms in total. The van der Waals surface area contributed by atoms with Gasteiger partial charge in [0.05, 0.1) is 5.02 Å². The third-order valence-electron chi connectivity index (χ3n) is 3.34. The molecule has 0 radical (unpaired) electrons. The first-order valence-corrected chi connectivity index (χ1v) is 7.18. The van der Waals surface area contributed by atoms with Crippen molar-refractivity contribution in [3.8, 4) is 11.5 Å². The summed E-state index contributed by atoms with van der Waals surface area (Å²) in [5, 5.41) is 7.84. The maximum absolute atomic E-state index is 7.43. The number of nitrogens with two attached hydrogens (primary N) is 1. The summed E-state index contributed by atoms with van der Waals surface area (Å²) in [5.74, 6) is 1.84. The fourth-order valence-corrected chi connectivity index (χ4v) is 2.26. The second-order valence-electron chi connectivity index (χ2n) is 5.34. The van der Waals surface area contributed by atoms with Crippen LogP contribution < -0.4 is 10.5 Å². The molecule has 0 saturated carbocycles. The summed E-state index contributed by atoms with van der Waals surface area (Å²) in [6.45, 7) is 6.30. The lowest BCUT2D eigenvalue weighted by Gasteiger charge is -2.13.